The van der Waals surface area contributed by atoms with Crippen LogP contribution in [0.5, 0.6) is 11.5 Å². The van der Waals surface area contributed by atoms with Crippen LogP contribution >= 0.6 is 0 Å². The van der Waals surface area contributed by atoms with Gasteiger partial charge in [-0.2, -0.15) is 0 Å². The molecule has 0 aliphatic heterocycles. The summed E-state index contributed by atoms with van der Waals surface area (Å²) in [4.78, 5) is 11.0. The van der Waals surface area contributed by atoms with Crippen LogP contribution in [0.2, 0.25) is 0 Å². The molecular formula is C16H18N2O3. The molecule has 0 saturated heterocycles. The molecule has 5 heteroatoms. The van der Waals surface area contributed by atoms with Gasteiger partial charge < -0.3 is 20.5 Å². The number of nitrogens with one attached hydrogen (secondary N) is 1. The quantitative estimate of drug-likeness (QED) is 0.886. The second-order valence-corrected chi connectivity index (χ2v) is 4.42. The van der Waals surface area contributed by atoms with Gasteiger partial charge in [-0.25, -0.2) is 4.79 Å². The predicted octanol–water partition coefficient (Wildman–Crippen LogP) is 2.79. The number of carbonyl (C=O) groups excluding carboxylic acids is 1. The van der Waals surface area contributed by atoms with E-state index >= 15 is 0 Å². The number of benzene rings is 2. The molecule has 0 radical (unpaired) electrons. The lowest BCUT2D eigenvalue weighted by atomic mass is 10.2. The molecule has 0 aromatic heterocycles. The van der Waals surface area contributed by atoms with Crippen molar-refractivity contribution < 1.29 is 14.3 Å². The van der Waals surface area contributed by atoms with E-state index in [-0.39, 0.29) is 6.61 Å². The van der Waals surface area contributed by atoms with Gasteiger partial charge in [0.1, 0.15) is 18.1 Å². The Kier molecular flexibility index (Phi) is 5.17. The monoisotopic (exact) mass is 286 g/mol. The van der Waals surface area contributed by atoms with Crippen LogP contribution in [0.4, 0.5) is 4.79 Å². The van der Waals surface area contributed by atoms with Crippen molar-refractivity contribution in [3.63, 3.8) is 0 Å². The molecular weight excluding hydrogens is 268 g/mol. The smallest absolute Gasteiger partial charge is 0.407 e. The molecule has 0 spiro atoms. The number of ether oxygens (including phenoxy) is 2. The molecule has 2 rings (SSSR count). The van der Waals surface area contributed by atoms with Crippen LogP contribution in [0.3, 0.4) is 0 Å². The average Bonchev–Trinajstić information content (AvgIpc) is 2.54. The molecule has 5 nitrogen and oxygen atoms in total. The molecule has 0 atom stereocenters. The Hall–Kier alpha value is -2.53. The largest absolute Gasteiger partial charge is 0.457 e. The Morgan fingerprint density at radius 1 is 1.00 bits per heavy atom. The van der Waals surface area contributed by atoms with Gasteiger partial charge in [-0.3, -0.25) is 0 Å². The third-order valence-electron chi connectivity index (χ3n) is 2.89. The minimum absolute atomic E-state index is 0.227. The van der Waals surface area contributed by atoms with E-state index in [4.69, 9.17) is 15.2 Å². The van der Waals surface area contributed by atoms with Gasteiger partial charge in [0.25, 0.3) is 0 Å². The van der Waals surface area contributed by atoms with E-state index in [2.05, 4.69) is 5.32 Å². The Morgan fingerprint density at radius 3 is 2.00 bits per heavy atom. The number of amides is 1. The van der Waals surface area contributed by atoms with E-state index in [9.17, 15) is 4.79 Å². The van der Waals surface area contributed by atoms with E-state index in [1.165, 1.54) is 7.05 Å². The minimum Gasteiger partial charge on any atom is -0.457 e. The highest BCUT2D eigenvalue weighted by Gasteiger charge is 2.01. The third-order valence-corrected chi connectivity index (χ3v) is 2.89. The molecule has 0 saturated carbocycles. The zero-order valence-corrected chi connectivity index (χ0v) is 11.8. The lowest BCUT2D eigenvalue weighted by molar-refractivity contribution is 0.142. The second-order valence-electron chi connectivity index (χ2n) is 4.42. The maximum absolute atomic E-state index is 11.0. The summed E-state index contributed by atoms with van der Waals surface area (Å²) in [5.41, 5.74) is 7.50. The fourth-order valence-corrected chi connectivity index (χ4v) is 1.70. The average molecular weight is 286 g/mol. The normalized spacial score (nSPS) is 10.0. The lowest BCUT2D eigenvalue weighted by Crippen LogP contribution is -2.18. The summed E-state index contributed by atoms with van der Waals surface area (Å²) in [5.74, 6) is 1.47. The summed E-state index contributed by atoms with van der Waals surface area (Å²) < 4.78 is 10.7. The van der Waals surface area contributed by atoms with Crippen molar-refractivity contribution in [1.29, 1.82) is 0 Å². The van der Waals surface area contributed by atoms with Crippen LogP contribution in [-0.2, 0) is 17.9 Å². The number of hydrogen-bond acceptors (Lipinski definition) is 4. The van der Waals surface area contributed by atoms with Gasteiger partial charge >= 0.3 is 6.09 Å². The van der Waals surface area contributed by atoms with E-state index in [0.29, 0.717) is 6.54 Å². The van der Waals surface area contributed by atoms with Crippen LogP contribution in [0.15, 0.2) is 48.5 Å². The highest BCUT2D eigenvalue weighted by atomic mass is 16.5. The summed E-state index contributed by atoms with van der Waals surface area (Å²) in [5, 5.41) is 2.39. The van der Waals surface area contributed by atoms with Crippen LogP contribution in [-0.4, -0.2) is 13.1 Å². The van der Waals surface area contributed by atoms with Gasteiger partial charge in [0.15, 0.2) is 0 Å². The maximum Gasteiger partial charge on any atom is 0.407 e. The molecule has 2 aromatic rings. The van der Waals surface area contributed by atoms with Crippen molar-refractivity contribution in [2.24, 2.45) is 5.73 Å². The number of carbonyl (C=O) groups is 1. The molecule has 0 fully saturated rings. The summed E-state index contributed by atoms with van der Waals surface area (Å²) in [6, 6.07) is 15.0. The molecule has 21 heavy (non-hydrogen) atoms. The highest BCUT2D eigenvalue weighted by molar-refractivity contribution is 5.66. The molecule has 0 unspecified atom stereocenters. The number of hydrogen-bond donors (Lipinski definition) is 2. The minimum atomic E-state index is -0.449. The zero-order valence-electron chi connectivity index (χ0n) is 11.8. The van der Waals surface area contributed by atoms with E-state index < -0.39 is 6.09 Å². The fraction of sp³-hybridized carbons (Fsp3) is 0.188. The molecule has 0 heterocycles. The standard InChI is InChI=1S/C16H18N2O3/c1-18-16(19)20-11-13-4-8-15(9-5-13)21-14-6-2-12(10-17)3-7-14/h2-9H,10-11,17H2,1H3,(H,18,19). The molecule has 0 bridgehead atoms. The number of rotatable bonds is 5. The van der Waals surface area contributed by atoms with Crippen LogP contribution in [0, 0.1) is 0 Å². The first-order chi connectivity index (χ1) is 10.2. The predicted molar refractivity (Wildman–Crippen MR) is 80.1 cm³/mol. The summed E-state index contributed by atoms with van der Waals surface area (Å²) >= 11 is 0. The Morgan fingerprint density at radius 2 is 1.52 bits per heavy atom. The highest BCUT2D eigenvalue weighted by Crippen LogP contribution is 2.22. The Balaban J connectivity index is 1.93. The van der Waals surface area contributed by atoms with Gasteiger partial charge in [0.2, 0.25) is 0 Å². The summed E-state index contributed by atoms with van der Waals surface area (Å²) in [6.45, 7) is 0.742. The molecule has 0 aliphatic carbocycles. The van der Waals surface area contributed by atoms with Crippen molar-refractivity contribution in [2.75, 3.05) is 7.05 Å². The van der Waals surface area contributed by atoms with Crippen molar-refractivity contribution in [3.05, 3.63) is 59.7 Å². The Labute approximate surface area is 123 Å². The molecule has 0 aliphatic rings. The van der Waals surface area contributed by atoms with Crippen molar-refractivity contribution in [1.82, 2.24) is 5.32 Å². The zero-order chi connectivity index (χ0) is 15.1. The summed E-state index contributed by atoms with van der Waals surface area (Å²) in [7, 11) is 1.52. The van der Waals surface area contributed by atoms with E-state index in [0.717, 1.165) is 22.6 Å². The van der Waals surface area contributed by atoms with Gasteiger partial charge in [-0.1, -0.05) is 24.3 Å². The topological polar surface area (TPSA) is 73.6 Å². The first-order valence-corrected chi connectivity index (χ1v) is 6.61. The second kappa shape index (κ2) is 7.31. The van der Waals surface area contributed by atoms with Gasteiger partial charge in [0, 0.05) is 13.6 Å². The first kappa shape index (κ1) is 14.9. The van der Waals surface area contributed by atoms with Gasteiger partial charge in [-0.15, -0.1) is 0 Å². The Bertz CT molecular complexity index is 579. The van der Waals surface area contributed by atoms with E-state index in [1.807, 2.05) is 48.5 Å². The first-order valence-electron chi connectivity index (χ1n) is 6.61. The fourth-order valence-electron chi connectivity index (χ4n) is 1.70. The SMILES string of the molecule is CNC(=O)OCc1ccc(Oc2ccc(CN)cc2)cc1. The van der Waals surface area contributed by atoms with Gasteiger partial charge in [0.05, 0.1) is 0 Å². The van der Waals surface area contributed by atoms with Crippen LogP contribution in [0.1, 0.15) is 11.1 Å². The van der Waals surface area contributed by atoms with E-state index in [1.54, 1.807) is 0 Å². The molecule has 3 N–H and O–H groups in total. The molecule has 1 amide bonds. The van der Waals surface area contributed by atoms with Crippen LogP contribution in [0.25, 0.3) is 0 Å². The maximum atomic E-state index is 11.0. The van der Waals surface area contributed by atoms with Crippen molar-refractivity contribution >= 4 is 6.09 Å². The molecule has 2 aromatic carbocycles. The number of alkyl carbamates (subject to hydrolysis) is 1. The third kappa shape index (κ3) is 4.50. The number of nitrogens with two attached hydrogens (primary N) is 1. The lowest BCUT2D eigenvalue weighted by Gasteiger charge is -2.08. The van der Waals surface area contributed by atoms with Crippen molar-refractivity contribution in [3.8, 4) is 11.5 Å². The van der Waals surface area contributed by atoms with Crippen molar-refractivity contribution in [2.45, 2.75) is 13.2 Å². The van der Waals surface area contributed by atoms with Crippen LogP contribution < -0.4 is 15.8 Å². The summed E-state index contributed by atoms with van der Waals surface area (Å²) in [6.07, 6.45) is -0.449. The molecule has 110 valence electrons. The van der Waals surface area contributed by atoms with Gasteiger partial charge in [-0.05, 0) is 35.4 Å².